The van der Waals surface area contributed by atoms with E-state index in [0.717, 1.165) is 36.4 Å². The van der Waals surface area contributed by atoms with Gasteiger partial charge in [0.1, 0.15) is 5.82 Å². The molecule has 0 aliphatic heterocycles. The second kappa shape index (κ2) is 6.12. The van der Waals surface area contributed by atoms with Gasteiger partial charge in [0.15, 0.2) is 5.65 Å². The third-order valence-electron chi connectivity index (χ3n) is 4.92. The molecule has 23 heavy (non-hydrogen) atoms. The highest BCUT2D eigenvalue weighted by Gasteiger charge is 2.22. The van der Waals surface area contributed by atoms with Gasteiger partial charge in [-0.15, -0.1) is 0 Å². The van der Waals surface area contributed by atoms with Gasteiger partial charge in [0.25, 0.3) is 0 Å². The van der Waals surface area contributed by atoms with Crippen LogP contribution < -0.4 is 0 Å². The zero-order valence-corrected chi connectivity index (χ0v) is 13.0. The molecule has 1 saturated carbocycles. The van der Waals surface area contributed by atoms with E-state index >= 15 is 0 Å². The molecule has 0 saturated heterocycles. The SMILES string of the molecule is OCC1CCC(Cn2ccnc2-c2cnn3cccnc23)CC1. The van der Waals surface area contributed by atoms with Gasteiger partial charge < -0.3 is 9.67 Å². The lowest BCUT2D eigenvalue weighted by molar-refractivity contribution is 0.161. The summed E-state index contributed by atoms with van der Waals surface area (Å²) >= 11 is 0. The van der Waals surface area contributed by atoms with E-state index in [9.17, 15) is 5.11 Å². The van der Waals surface area contributed by atoms with E-state index in [-0.39, 0.29) is 0 Å². The second-order valence-corrected chi connectivity index (χ2v) is 6.42. The smallest absolute Gasteiger partial charge is 0.165 e. The van der Waals surface area contributed by atoms with Gasteiger partial charge in [0.05, 0.1) is 11.8 Å². The van der Waals surface area contributed by atoms with Crippen molar-refractivity contribution in [3.8, 4) is 11.4 Å². The normalized spacial score (nSPS) is 21.8. The molecular weight excluding hydrogens is 290 g/mol. The Morgan fingerprint density at radius 3 is 2.70 bits per heavy atom. The minimum absolute atomic E-state index is 0.330. The molecule has 4 rings (SSSR count). The zero-order valence-electron chi connectivity index (χ0n) is 13.0. The maximum atomic E-state index is 9.27. The lowest BCUT2D eigenvalue weighted by Gasteiger charge is -2.27. The van der Waals surface area contributed by atoms with Crippen LogP contribution in [-0.4, -0.2) is 35.9 Å². The van der Waals surface area contributed by atoms with Crippen molar-refractivity contribution >= 4 is 5.65 Å². The second-order valence-electron chi connectivity index (χ2n) is 6.42. The highest BCUT2D eigenvalue weighted by atomic mass is 16.3. The molecule has 0 radical (unpaired) electrons. The fraction of sp³-hybridized carbons (Fsp3) is 0.471. The molecule has 3 aromatic rings. The third kappa shape index (κ3) is 2.74. The number of aliphatic hydroxyl groups is 1. The summed E-state index contributed by atoms with van der Waals surface area (Å²) < 4.78 is 4.00. The van der Waals surface area contributed by atoms with E-state index in [4.69, 9.17) is 0 Å². The van der Waals surface area contributed by atoms with Crippen LogP contribution in [0, 0.1) is 11.8 Å². The summed E-state index contributed by atoms with van der Waals surface area (Å²) in [5.41, 5.74) is 1.81. The number of hydrogen-bond acceptors (Lipinski definition) is 4. The number of aliphatic hydroxyl groups excluding tert-OH is 1. The quantitative estimate of drug-likeness (QED) is 0.803. The van der Waals surface area contributed by atoms with Crippen LogP contribution in [0.2, 0.25) is 0 Å². The summed E-state index contributed by atoms with van der Waals surface area (Å²) in [6.07, 6.45) is 14.0. The standard InChI is InChI=1S/C17H21N5O/c23-12-14-4-2-13(3-5-14)11-21-9-7-19-16(21)15-10-20-22-8-1-6-18-17(15)22/h1,6-10,13-14,23H,2-5,11-12H2. The van der Waals surface area contributed by atoms with Crippen LogP contribution in [0.5, 0.6) is 0 Å². The van der Waals surface area contributed by atoms with Crippen LogP contribution in [-0.2, 0) is 6.54 Å². The molecule has 0 amide bonds. The predicted octanol–water partition coefficient (Wildman–Crippen LogP) is 2.39. The summed E-state index contributed by atoms with van der Waals surface area (Å²) in [6.45, 7) is 1.30. The highest BCUT2D eigenvalue weighted by molar-refractivity contribution is 5.72. The Hall–Kier alpha value is -2.21. The Morgan fingerprint density at radius 2 is 1.87 bits per heavy atom. The van der Waals surface area contributed by atoms with Crippen molar-refractivity contribution in [2.45, 2.75) is 32.2 Å². The summed E-state index contributed by atoms with van der Waals surface area (Å²) in [5.74, 6) is 2.08. The maximum absolute atomic E-state index is 9.27. The van der Waals surface area contributed by atoms with Gasteiger partial charge in [-0.05, 0) is 43.6 Å². The van der Waals surface area contributed by atoms with Gasteiger partial charge in [-0.1, -0.05) is 0 Å². The number of fused-ring (bicyclic) bond motifs is 1. The first-order valence-electron chi connectivity index (χ1n) is 8.26. The van der Waals surface area contributed by atoms with Crippen molar-refractivity contribution in [1.29, 1.82) is 0 Å². The average Bonchev–Trinajstić information content (AvgIpc) is 3.22. The van der Waals surface area contributed by atoms with Crippen LogP contribution in [0.3, 0.4) is 0 Å². The van der Waals surface area contributed by atoms with Crippen LogP contribution in [0.1, 0.15) is 25.7 Å². The summed E-state index contributed by atoms with van der Waals surface area (Å²) in [5, 5.41) is 13.6. The Morgan fingerprint density at radius 1 is 1.04 bits per heavy atom. The summed E-state index contributed by atoms with van der Waals surface area (Å²) in [4.78, 5) is 8.96. The topological polar surface area (TPSA) is 68.2 Å². The lowest BCUT2D eigenvalue weighted by atomic mass is 9.82. The van der Waals surface area contributed by atoms with Crippen LogP contribution >= 0.6 is 0 Å². The monoisotopic (exact) mass is 311 g/mol. The van der Waals surface area contributed by atoms with Gasteiger partial charge in [-0.2, -0.15) is 5.10 Å². The van der Waals surface area contributed by atoms with E-state index in [1.807, 2.05) is 30.9 Å². The number of nitrogens with zero attached hydrogens (tertiary/aromatic N) is 5. The molecule has 120 valence electrons. The Balaban J connectivity index is 1.57. The van der Waals surface area contributed by atoms with Crippen LogP contribution in [0.15, 0.2) is 37.1 Å². The molecule has 0 aromatic carbocycles. The summed E-state index contributed by atoms with van der Waals surface area (Å²) in [7, 11) is 0. The molecule has 3 heterocycles. The molecule has 1 aliphatic rings. The lowest BCUT2D eigenvalue weighted by Crippen LogP contribution is -2.21. The summed E-state index contributed by atoms with van der Waals surface area (Å²) in [6, 6.07) is 1.87. The molecular formula is C17H21N5O. The minimum atomic E-state index is 0.330. The van der Waals surface area contributed by atoms with Crippen molar-refractivity contribution in [3.05, 3.63) is 37.1 Å². The zero-order chi connectivity index (χ0) is 15.6. The number of rotatable bonds is 4. The van der Waals surface area contributed by atoms with Gasteiger partial charge in [-0.25, -0.2) is 14.5 Å². The van der Waals surface area contributed by atoms with E-state index in [0.29, 0.717) is 18.4 Å². The number of aromatic nitrogens is 5. The average molecular weight is 311 g/mol. The van der Waals surface area contributed by atoms with Gasteiger partial charge in [0.2, 0.25) is 0 Å². The third-order valence-corrected chi connectivity index (χ3v) is 4.92. The fourth-order valence-electron chi connectivity index (χ4n) is 3.56. The Labute approximate surface area is 134 Å². The molecule has 0 bridgehead atoms. The highest BCUT2D eigenvalue weighted by Crippen LogP contribution is 2.31. The molecule has 0 atom stereocenters. The first kappa shape index (κ1) is 14.4. The van der Waals surface area contributed by atoms with Gasteiger partial charge in [-0.3, -0.25) is 0 Å². The largest absolute Gasteiger partial charge is 0.396 e. The molecule has 1 fully saturated rings. The number of imidazole rings is 1. The molecule has 1 aliphatic carbocycles. The van der Waals surface area contributed by atoms with Crippen LogP contribution in [0.4, 0.5) is 0 Å². The van der Waals surface area contributed by atoms with E-state index in [1.165, 1.54) is 12.8 Å². The Bertz CT molecular complexity index is 785. The van der Waals surface area contributed by atoms with E-state index in [1.54, 1.807) is 10.7 Å². The first-order valence-corrected chi connectivity index (χ1v) is 8.26. The molecule has 1 N–H and O–H groups in total. The van der Waals surface area contributed by atoms with E-state index in [2.05, 4.69) is 19.6 Å². The Kier molecular flexibility index (Phi) is 3.83. The fourth-order valence-corrected chi connectivity index (χ4v) is 3.56. The maximum Gasteiger partial charge on any atom is 0.165 e. The molecule has 0 spiro atoms. The van der Waals surface area contributed by atoms with Gasteiger partial charge in [0, 0.05) is 37.9 Å². The molecule has 0 unspecified atom stereocenters. The van der Waals surface area contributed by atoms with Crippen molar-refractivity contribution < 1.29 is 5.11 Å². The van der Waals surface area contributed by atoms with Crippen molar-refractivity contribution in [2.24, 2.45) is 11.8 Å². The van der Waals surface area contributed by atoms with Gasteiger partial charge >= 0.3 is 0 Å². The molecule has 6 heteroatoms. The first-order chi connectivity index (χ1) is 11.3. The minimum Gasteiger partial charge on any atom is -0.396 e. The molecule has 3 aromatic heterocycles. The number of hydrogen-bond donors (Lipinski definition) is 1. The van der Waals surface area contributed by atoms with Crippen molar-refractivity contribution in [3.63, 3.8) is 0 Å². The van der Waals surface area contributed by atoms with E-state index < -0.39 is 0 Å². The van der Waals surface area contributed by atoms with Crippen molar-refractivity contribution in [2.75, 3.05) is 6.61 Å². The van der Waals surface area contributed by atoms with Crippen molar-refractivity contribution in [1.82, 2.24) is 24.1 Å². The van der Waals surface area contributed by atoms with Crippen LogP contribution in [0.25, 0.3) is 17.0 Å². The molecule has 6 nitrogen and oxygen atoms in total. The predicted molar refractivity (Wildman–Crippen MR) is 86.7 cm³/mol.